The maximum atomic E-state index is 10.0. The van der Waals surface area contributed by atoms with Gasteiger partial charge in [-0.1, -0.05) is 13.3 Å². The van der Waals surface area contributed by atoms with Crippen LogP contribution >= 0.6 is 0 Å². The molecule has 0 aliphatic carbocycles. The zero-order chi connectivity index (χ0) is 12.6. The largest absolute Gasteiger partial charge is 0.398 e. The van der Waals surface area contributed by atoms with Crippen LogP contribution in [0.1, 0.15) is 13.3 Å². The second-order valence-corrected chi connectivity index (χ2v) is 7.06. The van der Waals surface area contributed by atoms with Gasteiger partial charge in [-0.2, -0.15) is 0 Å². The lowest BCUT2D eigenvalue weighted by Crippen LogP contribution is -2.35. The molecule has 92 valence electrons. The molecule has 0 saturated heterocycles. The molecule has 0 aromatic heterocycles. The summed E-state index contributed by atoms with van der Waals surface area (Å²) in [5.41, 5.74) is 0. The maximum absolute atomic E-state index is 10.0. The predicted molar refractivity (Wildman–Crippen MR) is 63.0 cm³/mol. The van der Waals surface area contributed by atoms with E-state index in [1.54, 1.807) is 14.2 Å². The first-order chi connectivity index (χ1) is 7.47. The number of amides is 2. The molecule has 1 rings (SSSR count). The van der Waals surface area contributed by atoms with Gasteiger partial charge in [0.05, 0.1) is 0 Å². The first-order valence-electron chi connectivity index (χ1n) is 5.10. The number of carbonyl (C=O) groups is 2. The minimum atomic E-state index is -1.70. The summed E-state index contributed by atoms with van der Waals surface area (Å²) in [5, 5.41) is 2.03. The van der Waals surface area contributed by atoms with Gasteiger partial charge >= 0.3 is 8.56 Å². The van der Waals surface area contributed by atoms with Crippen molar-refractivity contribution in [1.29, 1.82) is 0 Å². The molecule has 0 radical (unpaired) electrons. The van der Waals surface area contributed by atoms with E-state index in [4.69, 9.17) is 8.85 Å². The van der Waals surface area contributed by atoms with Crippen LogP contribution in [-0.2, 0) is 18.4 Å². The molecule has 0 unspecified atom stereocenters. The molecule has 0 aromatic rings. The topological polar surface area (TPSA) is 64.6 Å². The van der Waals surface area contributed by atoms with Gasteiger partial charge in [-0.15, -0.1) is 0 Å². The van der Waals surface area contributed by atoms with Crippen molar-refractivity contribution in [3.05, 3.63) is 12.2 Å². The summed E-state index contributed by atoms with van der Waals surface area (Å²) in [5.74, 6) is -0.657. The van der Waals surface area contributed by atoms with E-state index in [0.29, 0.717) is 0 Å². The highest BCUT2D eigenvalue weighted by Gasteiger charge is 2.26. The molecule has 5 nitrogen and oxygen atoms in total. The van der Waals surface area contributed by atoms with E-state index >= 15 is 0 Å². The zero-order valence-electron chi connectivity index (χ0n) is 10.2. The third-order valence-corrected chi connectivity index (χ3v) is 5.34. The van der Waals surface area contributed by atoms with Crippen molar-refractivity contribution in [2.75, 3.05) is 14.2 Å². The van der Waals surface area contributed by atoms with Gasteiger partial charge in [0.25, 0.3) is 11.8 Å². The second-order valence-electron chi connectivity index (χ2n) is 3.48. The molecule has 0 saturated carbocycles. The van der Waals surface area contributed by atoms with E-state index in [1.807, 2.05) is 5.32 Å². The summed E-state index contributed by atoms with van der Waals surface area (Å²) in [6, 6.07) is 1.08. The number of hydrogen-bond donors (Lipinski definition) is 1. The second kappa shape index (κ2) is 7.32. The minimum Gasteiger partial charge on any atom is -0.398 e. The van der Waals surface area contributed by atoms with Gasteiger partial charge in [-0.25, -0.2) is 0 Å². The smallest absolute Gasteiger partial charge is 0.334 e. The van der Waals surface area contributed by atoms with E-state index < -0.39 is 8.56 Å². The fourth-order valence-corrected chi connectivity index (χ4v) is 2.58. The highest BCUT2D eigenvalue weighted by molar-refractivity contribution is 6.65. The predicted octanol–water partition coefficient (Wildman–Crippen LogP) is 0.960. The highest BCUT2D eigenvalue weighted by atomic mass is 28.4. The van der Waals surface area contributed by atoms with Crippen LogP contribution in [0.5, 0.6) is 0 Å². The molecule has 1 aliphatic heterocycles. The van der Waals surface area contributed by atoms with Crippen molar-refractivity contribution >= 4 is 20.4 Å². The zero-order valence-corrected chi connectivity index (χ0v) is 11.2. The molecule has 1 aliphatic rings. The Bertz CT molecular complexity index is 258. The third-order valence-electron chi connectivity index (χ3n) is 2.20. The lowest BCUT2D eigenvalue weighted by Gasteiger charge is -2.21. The number of imide groups is 1. The van der Waals surface area contributed by atoms with E-state index in [-0.39, 0.29) is 11.8 Å². The van der Waals surface area contributed by atoms with Crippen LogP contribution in [0.4, 0.5) is 0 Å². The van der Waals surface area contributed by atoms with Gasteiger partial charge in [0.1, 0.15) is 0 Å². The lowest BCUT2D eigenvalue weighted by atomic mass is 10.6. The van der Waals surface area contributed by atoms with Crippen LogP contribution in [0, 0.1) is 0 Å². The highest BCUT2D eigenvalue weighted by Crippen LogP contribution is 2.12. The summed E-state index contributed by atoms with van der Waals surface area (Å²) in [7, 11) is 1.76. The van der Waals surface area contributed by atoms with E-state index in [2.05, 4.69) is 13.5 Å². The molecule has 0 fully saturated rings. The summed E-state index contributed by atoms with van der Waals surface area (Å²) >= 11 is 0. The first kappa shape index (κ1) is 15.0. The Hall–Kier alpha value is -0.983. The number of rotatable bonds is 4. The Morgan fingerprint density at radius 2 is 1.62 bits per heavy atom. The summed E-state index contributed by atoms with van der Waals surface area (Å²) in [4.78, 5) is 20.1. The van der Waals surface area contributed by atoms with Crippen LogP contribution in [0.3, 0.4) is 0 Å². The Labute approximate surface area is 97.1 Å². The van der Waals surface area contributed by atoms with E-state index in [1.165, 1.54) is 12.2 Å². The Kier molecular flexibility index (Phi) is 6.87. The SMILES string of the molecule is CCC[Si](C)(OC)OC.O=C1C=CC(=O)N1. The van der Waals surface area contributed by atoms with Crippen molar-refractivity contribution in [2.24, 2.45) is 0 Å². The van der Waals surface area contributed by atoms with Crippen LogP contribution in [-0.4, -0.2) is 34.6 Å². The minimum absolute atomic E-state index is 0.329. The van der Waals surface area contributed by atoms with Crippen LogP contribution in [0.2, 0.25) is 12.6 Å². The van der Waals surface area contributed by atoms with Gasteiger partial charge < -0.3 is 8.85 Å². The summed E-state index contributed by atoms with van der Waals surface area (Å²) in [6.45, 7) is 4.22. The molecule has 0 atom stereocenters. The van der Waals surface area contributed by atoms with Gasteiger partial charge in [-0.05, 0) is 12.6 Å². The van der Waals surface area contributed by atoms with Crippen molar-refractivity contribution in [2.45, 2.75) is 25.9 Å². The first-order valence-corrected chi connectivity index (χ1v) is 7.63. The van der Waals surface area contributed by atoms with Crippen molar-refractivity contribution < 1.29 is 18.4 Å². The van der Waals surface area contributed by atoms with Gasteiger partial charge in [0.15, 0.2) is 0 Å². The van der Waals surface area contributed by atoms with E-state index in [0.717, 1.165) is 12.5 Å². The molecule has 0 aromatic carbocycles. The Morgan fingerprint density at radius 3 is 1.75 bits per heavy atom. The van der Waals surface area contributed by atoms with E-state index in [9.17, 15) is 9.59 Å². The third kappa shape index (κ3) is 5.79. The molecule has 1 N–H and O–H groups in total. The fourth-order valence-electron chi connectivity index (χ4n) is 1.10. The molecule has 0 bridgehead atoms. The normalized spacial score (nSPS) is 14.5. The van der Waals surface area contributed by atoms with Crippen molar-refractivity contribution in [3.8, 4) is 0 Å². The average molecular weight is 245 g/mol. The number of hydrogen-bond acceptors (Lipinski definition) is 4. The van der Waals surface area contributed by atoms with Gasteiger partial charge in [-0.3, -0.25) is 14.9 Å². The van der Waals surface area contributed by atoms with Crippen molar-refractivity contribution in [3.63, 3.8) is 0 Å². The standard InChI is InChI=1S/C6H16O2Si.C4H3NO2/c1-5-6-9(4,7-2)8-3;6-3-1-2-4(7)5-3/h5-6H2,1-4H3;1-2H,(H,5,6,7). The molecule has 6 heteroatoms. The number of nitrogens with one attached hydrogen (secondary N) is 1. The molecular formula is C10H19NO4Si. The lowest BCUT2D eigenvalue weighted by molar-refractivity contribution is -0.123. The Balaban J connectivity index is 0.000000288. The Morgan fingerprint density at radius 1 is 1.19 bits per heavy atom. The molecule has 1 heterocycles. The summed E-state index contributed by atoms with van der Waals surface area (Å²) in [6.07, 6.45) is 3.54. The fraction of sp³-hybridized carbons (Fsp3) is 0.600. The monoisotopic (exact) mass is 245 g/mol. The van der Waals surface area contributed by atoms with Crippen molar-refractivity contribution in [1.82, 2.24) is 5.32 Å². The average Bonchev–Trinajstić information content (AvgIpc) is 2.63. The molecule has 0 spiro atoms. The summed E-state index contributed by atoms with van der Waals surface area (Å²) < 4.78 is 10.5. The quantitative estimate of drug-likeness (QED) is 0.592. The van der Waals surface area contributed by atoms with Gasteiger partial charge in [0, 0.05) is 26.4 Å². The number of carbonyl (C=O) groups excluding carboxylic acids is 2. The van der Waals surface area contributed by atoms with Crippen LogP contribution in [0.15, 0.2) is 12.2 Å². The maximum Gasteiger partial charge on any atom is 0.334 e. The van der Waals surface area contributed by atoms with Crippen LogP contribution in [0.25, 0.3) is 0 Å². The molecular weight excluding hydrogens is 226 g/mol. The van der Waals surface area contributed by atoms with Gasteiger partial charge in [0.2, 0.25) is 0 Å². The van der Waals surface area contributed by atoms with Crippen LogP contribution < -0.4 is 5.32 Å². The molecule has 2 amide bonds. The molecule has 16 heavy (non-hydrogen) atoms.